The van der Waals surface area contributed by atoms with E-state index in [-0.39, 0.29) is 17.9 Å². The Balaban J connectivity index is 1.63. The van der Waals surface area contributed by atoms with E-state index in [1.165, 1.54) is 0 Å². The standard InChI is InChI=1S/C18H25N3O2/c19-13-16-4-1-2-10-21(16)18(23)12-14-6-8-15(9-7-14)20-11-3-5-17(20)22/h6-9,16H,1-5,10-13,19H2. The van der Waals surface area contributed by atoms with Crippen molar-refractivity contribution in [3.8, 4) is 0 Å². The van der Waals surface area contributed by atoms with Gasteiger partial charge < -0.3 is 15.5 Å². The molecule has 0 aliphatic carbocycles. The number of likely N-dealkylation sites (tertiary alicyclic amines) is 1. The lowest BCUT2D eigenvalue weighted by atomic mass is 10.0. The molecular formula is C18H25N3O2. The van der Waals surface area contributed by atoms with Crippen LogP contribution in [0.2, 0.25) is 0 Å². The van der Waals surface area contributed by atoms with E-state index in [9.17, 15) is 9.59 Å². The monoisotopic (exact) mass is 315 g/mol. The number of amides is 2. The van der Waals surface area contributed by atoms with Gasteiger partial charge in [0, 0.05) is 37.8 Å². The second-order valence-electron chi connectivity index (χ2n) is 6.46. The molecule has 1 atom stereocenters. The lowest BCUT2D eigenvalue weighted by Gasteiger charge is -2.35. The number of rotatable bonds is 4. The van der Waals surface area contributed by atoms with Gasteiger partial charge in [0.1, 0.15) is 0 Å². The van der Waals surface area contributed by atoms with Crippen LogP contribution in [0.15, 0.2) is 24.3 Å². The van der Waals surface area contributed by atoms with Crippen LogP contribution in [0.5, 0.6) is 0 Å². The maximum Gasteiger partial charge on any atom is 0.227 e. The van der Waals surface area contributed by atoms with Crippen LogP contribution in [-0.2, 0) is 16.0 Å². The molecule has 2 saturated heterocycles. The first-order valence-corrected chi connectivity index (χ1v) is 8.58. The summed E-state index contributed by atoms with van der Waals surface area (Å²) < 4.78 is 0. The average Bonchev–Trinajstić information content (AvgIpc) is 3.01. The summed E-state index contributed by atoms with van der Waals surface area (Å²) in [6, 6.07) is 8.00. The maximum absolute atomic E-state index is 12.5. The first-order chi connectivity index (χ1) is 11.2. The van der Waals surface area contributed by atoms with Crippen LogP contribution in [0.1, 0.15) is 37.7 Å². The smallest absolute Gasteiger partial charge is 0.227 e. The van der Waals surface area contributed by atoms with Gasteiger partial charge in [0.15, 0.2) is 0 Å². The van der Waals surface area contributed by atoms with Gasteiger partial charge in [0.2, 0.25) is 11.8 Å². The van der Waals surface area contributed by atoms with Crippen molar-refractivity contribution in [2.45, 2.75) is 44.6 Å². The van der Waals surface area contributed by atoms with Crippen LogP contribution in [-0.4, -0.2) is 42.4 Å². The molecule has 0 spiro atoms. The largest absolute Gasteiger partial charge is 0.338 e. The van der Waals surface area contributed by atoms with Crippen molar-refractivity contribution in [2.24, 2.45) is 5.73 Å². The highest BCUT2D eigenvalue weighted by molar-refractivity contribution is 5.95. The molecule has 124 valence electrons. The summed E-state index contributed by atoms with van der Waals surface area (Å²) in [4.78, 5) is 28.1. The van der Waals surface area contributed by atoms with Crippen molar-refractivity contribution in [3.05, 3.63) is 29.8 Å². The number of carbonyl (C=O) groups is 2. The van der Waals surface area contributed by atoms with Gasteiger partial charge in [-0.1, -0.05) is 12.1 Å². The highest BCUT2D eigenvalue weighted by Gasteiger charge is 2.25. The van der Waals surface area contributed by atoms with Crippen molar-refractivity contribution < 1.29 is 9.59 Å². The van der Waals surface area contributed by atoms with E-state index in [0.29, 0.717) is 19.4 Å². The summed E-state index contributed by atoms with van der Waals surface area (Å²) in [7, 11) is 0. The zero-order chi connectivity index (χ0) is 16.2. The molecule has 2 amide bonds. The maximum atomic E-state index is 12.5. The highest BCUT2D eigenvalue weighted by Crippen LogP contribution is 2.22. The summed E-state index contributed by atoms with van der Waals surface area (Å²) in [5.41, 5.74) is 7.72. The lowest BCUT2D eigenvalue weighted by molar-refractivity contribution is -0.133. The number of hydrogen-bond donors (Lipinski definition) is 1. The molecule has 0 bridgehead atoms. The fourth-order valence-corrected chi connectivity index (χ4v) is 3.57. The van der Waals surface area contributed by atoms with Gasteiger partial charge in [0.05, 0.1) is 6.42 Å². The molecule has 23 heavy (non-hydrogen) atoms. The van der Waals surface area contributed by atoms with Gasteiger partial charge in [-0.25, -0.2) is 0 Å². The third kappa shape index (κ3) is 3.55. The number of anilines is 1. The predicted octanol–water partition coefficient (Wildman–Crippen LogP) is 1.70. The topological polar surface area (TPSA) is 66.6 Å². The molecule has 3 rings (SSSR count). The Labute approximate surface area is 137 Å². The van der Waals surface area contributed by atoms with E-state index in [1.807, 2.05) is 34.1 Å². The number of piperidine rings is 1. The number of hydrogen-bond acceptors (Lipinski definition) is 3. The molecule has 2 N–H and O–H groups in total. The quantitative estimate of drug-likeness (QED) is 0.919. The molecule has 2 aliphatic heterocycles. The highest BCUT2D eigenvalue weighted by atomic mass is 16.2. The third-order valence-corrected chi connectivity index (χ3v) is 4.90. The Bertz CT molecular complexity index is 570. The summed E-state index contributed by atoms with van der Waals surface area (Å²) in [6.45, 7) is 2.16. The lowest BCUT2D eigenvalue weighted by Crippen LogP contribution is -2.48. The molecule has 2 aliphatic rings. The van der Waals surface area contributed by atoms with E-state index in [1.54, 1.807) is 0 Å². The van der Waals surface area contributed by atoms with E-state index < -0.39 is 0 Å². The zero-order valence-electron chi connectivity index (χ0n) is 13.5. The Morgan fingerprint density at radius 2 is 1.91 bits per heavy atom. The Hall–Kier alpha value is -1.88. The second kappa shape index (κ2) is 7.13. The molecule has 1 aromatic rings. The molecule has 1 unspecified atom stereocenters. The minimum absolute atomic E-state index is 0.158. The molecule has 1 aromatic carbocycles. The van der Waals surface area contributed by atoms with E-state index in [0.717, 1.165) is 50.0 Å². The van der Waals surface area contributed by atoms with E-state index >= 15 is 0 Å². The molecule has 5 nitrogen and oxygen atoms in total. The fourth-order valence-electron chi connectivity index (χ4n) is 3.57. The van der Waals surface area contributed by atoms with Gasteiger partial charge >= 0.3 is 0 Å². The molecular weight excluding hydrogens is 290 g/mol. The Morgan fingerprint density at radius 1 is 1.13 bits per heavy atom. The van der Waals surface area contributed by atoms with Crippen LogP contribution in [0.4, 0.5) is 5.69 Å². The summed E-state index contributed by atoms with van der Waals surface area (Å²) in [6.07, 6.45) is 5.20. The summed E-state index contributed by atoms with van der Waals surface area (Å²) in [5, 5.41) is 0. The van der Waals surface area contributed by atoms with Crippen LogP contribution >= 0.6 is 0 Å². The molecule has 5 heteroatoms. The first-order valence-electron chi connectivity index (χ1n) is 8.58. The van der Waals surface area contributed by atoms with Crippen LogP contribution in [0.3, 0.4) is 0 Å². The number of carbonyl (C=O) groups excluding carboxylic acids is 2. The molecule has 2 heterocycles. The Kier molecular flexibility index (Phi) is 4.96. The number of nitrogens with zero attached hydrogens (tertiary/aromatic N) is 2. The van der Waals surface area contributed by atoms with Gasteiger partial charge in [-0.05, 0) is 43.4 Å². The molecule has 2 fully saturated rings. The van der Waals surface area contributed by atoms with Crippen molar-refractivity contribution in [1.29, 1.82) is 0 Å². The van der Waals surface area contributed by atoms with Crippen LogP contribution < -0.4 is 10.6 Å². The normalized spacial score (nSPS) is 21.8. The molecule has 0 aromatic heterocycles. The van der Waals surface area contributed by atoms with Gasteiger partial charge in [0.25, 0.3) is 0 Å². The zero-order valence-corrected chi connectivity index (χ0v) is 13.5. The van der Waals surface area contributed by atoms with E-state index in [2.05, 4.69) is 0 Å². The summed E-state index contributed by atoms with van der Waals surface area (Å²) >= 11 is 0. The fraction of sp³-hybridized carbons (Fsp3) is 0.556. The summed E-state index contributed by atoms with van der Waals surface area (Å²) in [5.74, 6) is 0.345. The van der Waals surface area contributed by atoms with Crippen molar-refractivity contribution in [3.63, 3.8) is 0 Å². The third-order valence-electron chi connectivity index (χ3n) is 4.90. The Morgan fingerprint density at radius 3 is 2.57 bits per heavy atom. The van der Waals surface area contributed by atoms with Crippen molar-refractivity contribution >= 4 is 17.5 Å². The van der Waals surface area contributed by atoms with E-state index in [4.69, 9.17) is 5.73 Å². The second-order valence-corrected chi connectivity index (χ2v) is 6.46. The van der Waals surface area contributed by atoms with Gasteiger partial charge in [-0.2, -0.15) is 0 Å². The molecule has 0 saturated carbocycles. The van der Waals surface area contributed by atoms with Crippen molar-refractivity contribution in [2.75, 3.05) is 24.5 Å². The average molecular weight is 315 g/mol. The minimum atomic E-state index is 0.158. The molecule has 0 radical (unpaired) electrons. The van der Waals surface area contributed by atoms with Crippen molar-refractivity contribution in [1.82, 2.24) is 4.90 Å². The number of nitrogens with two attached hydrogens (primary N) is 1. The van der Waals surface area contributed by atoms with Gasteiger partial charge in [-0.3, -0.25) is 9.59 Å². The predicted molar refractivity (Wildman–Crippen MR) is 90.1 cm³/mol. The van der Waals surface area contributed by atoms with Crippen LogP contribution in [0.25, 0.3) is 0 Å². The van der Waals surface area contributed by atoms with Gasteiger partial charge in [-0.15, -0.1) is 0 Å². The minimum Gasteiger partial charge on any atom is -0.338 e. The first kappa shape index (κ1) is 16.0. The number of benzene rings is 1. The SMILES string of the molecule is NCC1CCCCN1C(=O)Cc1ccc(N2CCCC2=O)cc1. The van der Waals surface area contributed by atoms with Crippen LogP contribution in [0, 0.1) is 0 Å².